The summed E-state index contributed by atoms with van der Waals surface area (Å²) in [5.74, 6) is -0.488. The first-order valence-corrected chi connectivity index (χ1v) is 7.60. The maximum atomic E-state index is 12.8. The zero-order valence-corrected chi connectivity index (χ0v) is 12.5. The number of rotatable bonds is 2. The molecule has 1 saturated heterocycles. The summed E-state index contributed by atoms with van der Waals surface area (Å²) in [4.78, 5) is 26.1. The van der Waals surface area contributed by atoms with E-state index in [1.165, 1.54) is 0 Å². The van der Waals surface area contributed by atoms with E-state index in [1.54, 1.807) is 4.90 Å². The highest BCUT2D eigenvalue weighted by molar-refractivity contribution is 5.98. The van der Waals surface area contributed by atoms with Gasteiger partial charge in [-0.15, -0.1) is 0 Å². The van der Waals surface area contributed by atoms with E-state index in [-0.39, 0.29) is 11.8 Å². The third-order valence-corrected chi connectivity index (χ3v) is 5.03. The fourth-order valence-electron chi connectivity index (χ4n) is 3.95. The number of amides is 1. The quantitative estimate of drug-likeness (QED) is 0.909. The van der Waals surface area contributed by atoms with Gasteiger partial charge in [-0.05, 0) is 50.2 Å². The van der Waals surface area contributed by atoms with Crippen molar-refractivity contribution < 1.29 is 14.7 Å². The minimum Gasteiger partial charge on any atom is -0.480 e. The minimum absolute atomic E-state index is 0.127. The van der Waals surface area contributed by atoms with Crippen LogP contribution in [0.2, 0.25) is 0 Å². The molecule has 3 atom stereocenters. The molecule has 21 heavy (non-hydrogen) atoms. The highest BCUT2D eigenvalue weighted by atomic mass is 16.4. The third kappa shape index (κ3) is 2.33. The van der Waals surface area contributed by atoms with Gasteiger partial charge in [0.05, 0.1) is 0 Å². The first-order chi connectivity index (χ1) is 9.99. The van der Waals surface area contributed by atoms with Gasteiger partial charge in [-0.25, -0.2) is 4.79 Å². The zero-order chi connectivity index (χ0) is 15.1. The van der Waals surface area contributed by atoms with Gasteiger partial charge in [0.2, 0.25) is 0 Å². The number of hydrogen-bond acceptors (Lipinski definition) is 2. The summed E-state index contributed by atoms with van der Waals surface area (Å²) in [6.07, 6.45) is 3.06. The van der Waals surface area contributed by atoms with Crippen molar-refractivity contribution in [2.75, 3.05) is 6.54 Å². The SMILES string of the molecule is Cc1ccc(C)c(C(=O)N2CC3CCCC3C2C(=O)O)c1. The average Bonchev–Trinajstić information content (AvgIpc) is 3.00. The van der Waals surface area contributed by atoms with E-state index in [0.717, 1.165) is 30.4 Å². The van der Waals surface area contributed by atoms with Gasteiger partial charge >= 0.3 is 5.97 Å². The van der Waals surface area contributed by atoms with E-state index in [4.69, 9.17) is 0 Å². The molecule has 1 aliphatic heterocycles. The van der Waals surface area contributed by atoms with Crippen LogP contribution in [-0.2, 0) is 4.79 Å². The first kappa shape index (κ1) is 14.1. The molecule has 1 saturated carbocycles. The van der Waals surface area contributed by atoms with Crippen molar-refractivity contribution in [1.29, 1.82) is 0 Å². The van der Waals surface area contributed by atoms with Crippen molar-refractivity contribution in [2.24, 2.45) is 11.8 Å². The fourth-order valence-corrected chi connectivity index (χ4v) is 3.95. The van der Waals surface area contributed by atoms with Crippen LogP contribution in [0, 0.1) is 25.7 Å². The number of carbonyl (C=O) groups excluding carboxylic acids is 1. The summed E-state index contributed by atoms with van der Waals surface area (Å²) in [7, 11) is 0. The smallest absolute Gasteiger partial charge is 0.326 e. The summed E-state index contributed by atoms with van der Waals surface area (Å²) in [6.45, 7) is 4.44. The summed E-state index contributed by atoms with van der Waals surface area (Å²) in [5.41, 5.74) is 2.57. The van der Waals surface area contributed by atoms with Gasteiger partial charge in [-0.3, -0.25) is 4.79 Å². The van der Waals surface area contributed by atoms with Crippen molar-refractivity contribution in [3.63, 3.8) is 0 Å². The molecule has 0 spiro atoms. The molecule has 2 aliphatic rings. The number of aryl methyl sites for hydroxylation is 2. The number of aliphatic carboxylic acids is 1. The summed E-state index contributed by atoms with van der Waals surface area (Å²) >= 11 is 0. The van der Waals surface area contributed by atoms with Gasteiger partial charge in [0.25, 0.3) is 5.91 Å². The molecule has 0 bridgehead atoms. The van der Waals surface area contributed by atoms with Gasteiger partial charge in [-0.1, -0.05) is 24.1 Å². The second-order valence-electron chi connectivity index (χ2n) is 6.41. The van der Waals surface area contributed by atoms with Gasteiger partial charge in [-0.2, -0.15) is 0 Å². The monoisotopic (exact) mass is 287 g/mol. The number of hydrogen-bond donors (Lipinski definition) is 1. The van der Waals surface area contributed by atoms with Crippen LogP contribution in [0.3, 0.4) is 0 Å². The highest BCUT2D eigenvalue weighted by Crippen LogP contribution is 2.42. The molecule has 1 amide bonds. The Labute approximate surface area is 124 Å². The van der Waals surface area contributed by atoms with Crippen LogP contribution >= 0.6 is 0 Å². The molecule has 4 nitrogen and oxygen atoms in total. The van der Waals surface area contributed by atoms with Crippen molar-refractivity contribution >= 4 is 11.9 Å². The maximum Gasteiger partial charge on any atom is 0.326 e. The van der Waals surface area contributed by atoms with E-state index < -0.39 is 12.0 Å². The lowest BCUT2D eigenvalue weighted by Crippen LogP contribution is -2.43. The third-order valence-electron chi connectivity index (χ3n) is 5.03. The molecule has 2 fully saturated rings. The summed E-state index contributed by atoms with van der Waals surface area (Å²) in [5, 5.41) is 9.56. The molecule has 0 radical (unpaired) electrons. The summed E-state index contributed by atoms with van der Waals surface area (Å²) < 4.78 is 0. The molecule has 1 aromatic carbocycles. The number of fused-ring (bicyclic) bond motifs is 1. The average molecular weight is 287 g/mol. The molecular weight excluding hydrogens is 266 g/mol. The van der Waals surface area contributed by atoms with E-state index in [1.807, 2.05) is 32.0 Å². The Balaban J connectivity index is 1.93. The topological polar surface area (TPSA) is 57.6 Å². The predicted octanol–water partition coefficient (Wildman–Crippen LogP) is 2.63. The molecule has 0 aromatic heterocycles. The molecule has 1 aliphatic carbocycles. The molecule has 1 aromatic rings. The van der Waals surface area contributed by atoms with Crippen LogP contribution in [-0.4, -0.2) is 34.5 Å². The minimum atomic E-state index is -0.858. The van der Waals surface area contributed by atoms with Crippen molar-refractivity contribution in [3.05, 3.63) is 34.9 Å². The Morgan fingerprint density at radius 1 is 1.24 bits per heavy atom. The number of carboxylic acids is 1. The number of carboxylic acid groups (broad SMARTS) is 1. The molecular formula is C17H21NO3. The van der Waals surface area contributed by atoms with Crippen LogP contribution in [0.4, 0.5) is 0 Å². The predicted molar refractivity (Wildman–Crippen MR) is 79.2 cm³/mol. The molecule has 4 heteroatoms. The van der Waals surface area contributed by atoms with E-state index in [9.17, 15) is 14.7 Å². The first-order valence-electron chi connectivity index (χ1n) is 7.60. The van der Waals surface area contributed by atoms with Gasteiger partial charge < -0.3 is 10.0 Å². The van der Waals surface area contributed by atoms with Gasteiger partial charge in [0.1, 0.15) is 6.04 Å². The Hall–Kier alpha value is -1.84. The van der Waals surface area contributed by atoms with E-state index >= 15 is 0 Å². The second kappa shape index (κ2) is 5.17. The Bertz CT molecular complexity index is 596. The number of likely N-dealkylation sites (tertiary alicyclic amines) is 1. The lowest BCUT2D eigenvalue weighted by molar-refractivity contribution is -0.142. The maximum absolute atomic E-state index is 12.8. The number of carbonyl (C=O) groups is 2. The van der Waals surface area contributed by atoms with Gasteiger partial charge in [0.15, 0.2) is 0 Å². The van der Waals surface area contributed by atoms with Crippen molar-refractivity contribution in [3.8, 4) is 0 Å². The van der Waals surface area contributed by atoms with Gasteiger partial charge in [0, 0.05) is 12.1 Å². The molecule has 3 rings (SSSR count). The zero-order valence-electron chi connectivity index (χ0n) is 12.5. The second-order valence-corrected chi connectivity index (χ2v) is 6.41. The number of benzene rings is 1. The van der Waals surface area contributed by atoms with Crippen molar-refractivity contribution in [1.82, 2.24) is 4.90 Å². The molecule has 1 N–H and O–H groups in total. The Kier molecular flexibility index (Phi) is 3.47. The Morgan fingerprint density at radius 3 is 2.71 bits per heavy atom. The van der Waals surface area contributed by atoms with Crippen LogP contribution in [0.5, 0.6) is 0 Å². The van der Waals surface area contributed by atoms with Crippen LogP contribution in [0.15, 0.2) is 18.2 Å². The van der Waals surface area contributed by atoms with Crippen LogP contribution in [0.1, 0.15) is 40.7 Å². The van der Waals surface area contributed by atoms with Crippen LogP contribution in [0.25, 0.3) is 0 Å². The lowest BCUT2D eigenvalue weighted by Gasteiger charge is -2.25. The fraction of sp³-hybridized carbons (Fsp3) is 0.529. The number of nitrogens with zero attached hydrogens (tertiary/aromatic N) is 1. The normalized spacial score (nSPS) is 27.7. The van der Waals surface area contributed by atoms with E-state index in [0.29, 0.717) is 18.0 Å². The van der Waals surface area contributed by atoms with E-state index in [2.05, 4.69) is 0 Å². The lowest BCUT2D eigenvalue weighted by atomic mass is 9.94. The molecule has 1 heterocycles. The van der Waals surface area contributed by atoms with Crippen molar-refractivity contribution in [2.45, 2.75) is 39.2 Å². The Morgan fingerprint density at radius 2 is 2.00 bits per heavy atom. The highest BCUT2D eigenvalue weighted by Gasteiger charge is 2.49. The largest absolute Gasteiger partial charge is 0.480 e. The molecule has 112 valence electrons. The standard InChI is InChI=1S/C17H21NO3/c1-10-6-7-11(2)14(8-10)16(19)18-9-12-4-3-5-13(12)15(18)17(20)21/h6-8,12-13,15H,3-5,9H2,1-2H3,(H,20,21). The summed E-state index contributed by atoms with van der Waals surface area (Å²) in [6, 6.07) is 5.12. The molecule has 3 unspecified atom stereocenters. The van der Waals surface area contributed by atoms with Crippen LogP contribution < -0.4 is 0 Å².